The Kier molecular flexibility index (Phi) is 4.45. The zero-order valence-electron chi connectivity index (χ0n) is 9.73. The van der Waals surface area contributed by atoms with Crippen molar-refractivity contribution in [2.45, 2.75) is 26.3 Å². The van der Waals surface area contributed by atoms with Gasteiger partial charge in [0.05, 0.1) is 11.4 Å². The first-order valence-electron chi connectivity index (χ1n) is 5.26. The van der Waals surface area contributed by atoms with Crippen molar-refractivity contribution in [1.82, 2.24) is 10.3 Å². The van der Waals surface area contributed by atoms with E-state index in [1.54, 1.807) is 32.2 Å². The molecule has 17 heavy (non-hydrogen) atoms. The molecule has 0 saturated carbocycles. The predicted molar refractivity (Wildman–Crippen MR) is 62.8 cm³/mol. The van der Waals surface area contributed by atoms with Crippen molar-refractivity contribution in [3.05, 3.63) is 24.0 Å². The highest BCUT2D eigenvalue weighted by atomic mass is 16.4. The number of aliphatic carboxylic acids is 1. The average molecular weight is 237 g/mol. The molecule has 1 rings (SSSR count). The van der Waals surface area contributed by atoms with Crippen LogP contribution in [0.5, 0.6) is 0 Å². The van der Waals surface area contributed by atoms with Gasteiger partial charge in [0.15, 0.2) is 0 Å². The van der Waals surface area contributed by atoms with Crippen molar-refractivity contribution in [2.75, 3.05) is 5.32 Å². The van der Waals surface area contributed by atoms with Gasteiger partial charge in [-0.1, -0.05) is 6.92 Å². The molecule has 0 aliphatic carbocycles. The van der Waals surface area contributed by atoms with Gasteiger partial charge in [-0.2, -0.15) is 0 Å². The first-order valence-corrected chi connectivity index (χ1v) is 5.26. The van der Waals surface area contributed by atoms with Crippen LogP contribution in [0.3, 0.4) is 0 Å². The minimum atomic E-state index is -1.05. The van der Waals surface area contributed by atoms with Crippen molar-refractivity contribution in [3.63, 3.8) is 0 Å². The summed E-state index contributed by atoms with van der Waals surface area (Å²) in [5.74, 6) is -1.05. The van der Waals surface area contributed by atoms with Gasteiger partial charge in [0.2, 0.25) is 0 Å². The Morgan fingerprint density at radius 2 is 2.24 bits per heavy atom. The van der Waals surface area contributed by atoms with E-state index in [1.807, 2.05) is 0 Å². The lowest BCUT2D eigenvalue weighted by molar-refractivity contribution is -0.139. The third-order valence-corrected chi connectivity index (χ3v) is 2.27. The molecule has 0 saturated heterocycles. The van der Waals surface area contributed by atoms with E-state index < -0.39 is 18.0 Å². The maximum Gasteiger partial charge on any atom is 0.326 e. The van der Waals surface area contributed by atoms with Crippen LogP contribution in [-0.2, 0) is 4.79 Å². The van der Waals surface area contributed by atoms with Crippen molar-refractivity contribution in [3.8, 4) is 0 Å². The number of pyridine rings is 1. The van der Waals surface area contributed by atoms with E-state index in [1.165, 1.54) is 0 Å². The Hall–Kier alpha value is -2.11. The van der Waals surface area contributed by atoms with Gasteiger partial charge in [-0.25, -0.2) is 9.59 Å². The lowest BCUT2D eigenvalue weighted by atomic mass is 10.2. The van der Waals surface area contributed by atoms with E-state index in [-0.39, 0.29) is 0 Å². The number of amides is 2. The number of hydrogen-bond donors (Lipinski definition) is 3. The van der Waals surface area contributed by atoms with E-state index in [0.717, 1.165) is 0 Å². The van der Waals surface area contributed by atoms with Gasteiger partial charge in [-0.3, -0.25) is 4.98 Å². The second-order valence-corrected chi connectivity index (χ2v) is 3.53. The standard InChI is InChI=1S/C11H15N3O3/c1-3-8(10(15)16)13-11(17)14-9-5-4-6-12-7(9)2/h4-6,8H,3H2,1-2H3,(H,15,16)(H2,13,14,17). The third kappa shape index (κ3) is 3.75. The smallest absolute Gasteiger partial charge is 0.326 e. The molecule has 0 aliphatic rings. The zero-order valence-corrected chi connectivity index (χ0v) is 9.73. The fourth-order valence-electron chi connectivity index (χ4n) is 1.27. The monoisotopic (exact) mass is 237 g/mol. The van der Waals surface area contributed by atoms with Gasteiger partial charge >= 0.3 is 12.0 Å². The number of carboxylic acids is 1. The minimum Gasteiger partial charge on any atom is -0.480 e. The van der Waals surface area contributed by atoms with Gasteiger partial charge in [0, 0.05) is 6.20 Å². The van der Waals surface area contributed by atoms with Crippen LogP contribution in [0.4, 0.5) is 10.5 Å². The molecule has 0 spiro atoms. The minimum absolute atomic E-state index is 0.328. The maximum atomic E-state index is 11.5. The summed E-state index contributed by atoms with van der Waals surface area (Å²) in [5, 5.41) is 13.7. The summed E-state index contributed by atoms with van der Waals surface area (Å²) in [5.41, 5.74) is 1.23. The maximum absolute atomic E-state index is 11.5. The number of carbonyl (C=O) groups is 2. The first-order chi connectivity index (χ1) is 8.04. The number of carbonyl (C=O) groups excluding carboxylic acids is 1. The number of aromatic nitrogens is 1. The van der Waals surface area contributed by atoms with Crippen molar-refractivity contribution in [1.29, 1.82) is 0 Å². The molecular weight excluding hydrogens is 222 g/mol. The number of hydrogen-bond acceptors (Lipinski definition) is 3. The fraction of sp³-hybridized carbons (Fsp3) is 0.364. The highest BCUT2D eigenvalue weighted by Gasteiger charge is 2.17. The summed E-state index contributed by atoms with van der Waals surface area (Å²) in [6, 6.07) is 1.96. The molecule has 0 aliphatic heterocycles. The molecule has 6 nitrogen and oxygen atoms in total. The third-order valence-electron chi connectivity index (χ3n) is 2.27. The van der Waals surface area contributed by atoms with Crippen LogP contribution in [0.25, 0.3) is 0 Å². The summed E-state index contributed by atoms with van der Waals surface area (Å²) in [4.78, 5) is 26.3. The number of nitrogens with zero attached hydrogens (tertiary/aromatic N) is 1. The molecule has 92 valence electrons. The summed E-state index contributed by atoms with van der Waals surface area (Å²) in [6.07, 6.45) is 1.94. The Morgan fingerprint density at radius 3 is 2.76 bits per heavy atom. The van der Waals surface area contributed by atoms with Crippen LogP contribution in [0.15, 0.2) is 18.3 Å². The second-order valence-electron chi connectivity index (χ2n) is 3.53. The molecule has 1 unspecified atom stereocenters. The normalized spacial score (nSPS) is 11.6. The van der Waals surface area contributed by atoms with E-state index in [9.17, 15) is 9.59 Å². The number of anilines is 1. The predicted octanol–water partition coefficient (Wildman–Crippen LogP) is 1.37. The van der Waals surface area contributed by atoms with Gasteiger partial charge in [-0.15, -0.1) is 0 Å². The van der Waals surface area contributed by atoms with Crippen LogP contribution in [0.1, 0.15) is 19.0 Å². The molecular formula is C11H15N3O3. The Bertz CT molecular complexity index is 420. The van der Waals surface area contributed by atoms with E-state index in [2.05, 4.69) is 15.6 Å². The van der Waals surface area contributed by atoms with Gasteiger partial charge in [0.1, 0.15) is 6.04 Å². The summed E-state index contributed by atoms with van der Waals surface area (Å²) in [6.45, 7) is 3.44. The Balaban J connectivity index is 2.61. The van der Waals surface area contributed by atoms with E-state index >= 15 is 0 Å². The van der Waals surface area contributed by atoms with E-state index in [0.29, 0.717) is 17.8 Å². The zero-order chi connectivity index (χ0) is 12.8. The van der Waals surface area contributed by atoms with Gasteiger partial charge in [-0.05, 0) is 25.5 Å². The fourth-order valence-corrected chi connectivity index (χ4v) is 1.27. The van der Waals surface area contributed by atoms with Crippen LogP contribution in [-0.4, -0.2) is 28.1 Å². The van der Waals surface area contributed by atoms with Crippen LogP contribution >= 0.6 is 0 Å². The van der Waals surface area contributed by atoms with E-state index in [4.69, 9.17) is 5.11 Å². The largest absolute Gasteiger partial charge is 0.480 e. The summed E-state index contributed by atoms with van der Waals surface area (Å²) >= 11 is 0. The number of aryl methyl sites for hydroxylation is 1. The lowest BCUT2D eigenvalue weighted by Gasteiger charge is -2.13. The number of nitrogens with one attached hydrogen (secondary N) is 2. The Morgan fingerprint density at radius 1 is 1.53 bits per heavy atom. The summed E-state index contributed by atoms with van der Waals surface area (Å²) < 4.78 is 0. The first kappa shape index (κ1) is 13.0. The average Bonchev–Trinajstić information content (AvgIpc) is 2.28. The van der Waals surface area contributed by atoms with Crippen molar-refractivity contribution >= 4 is 17.7 Å². The van der Waals surface area contributed by atoms with Crippen molar-refractivity contribution in [2.24, 2.45) is 0 Å². The molecule has 3 N–H and O–H groups in total. The molecule has 0 fully saturated rings. The van der Waals surface area contributed by atoms with Gasteiger partial charge < -0.3 is 15.7 Å². The van der Waals surface area contributed by atoms with Crippen LogP contribution in [0, 0.1) is 6.92 Å². The SMILES string of the molecule is CCC(NC(=O)Nc1cccnc1C)C(=O)O. The molecule has 1 aromatic rings. The lowest BCUT2D eigenvalue weighted by Crippen LogP contribution is -2.42. The highest BCUT2D eigenvalue weighted by Crippen LogP contribution is 2.09. The highest BCUT2D eigenvalue weighted by molar-refractivity contribution is 5.92. The molecule has 0 bridgehead atoms. The summed E-state index contributed by atoms with van der Waals surface area (Å²) in [7, 11) is 0. The molecule has 0 aromatic carbocycles. The van der Waals surface area contributed by atoms with Crippen LogP contribution < -0.4 is 10.6 Å². The molecule has 1 heterocycles. The van der Waals surface area contributed by atoms with Crippen LogP contribution in [0.2, 0.25) is 0 Å². The van der Waals surface area contributed by atoms with Crippen molar-refractivity contribution < 1.29 is 14.7 Å². The number of rotatable bonds is 4. The number of carboxylic acid groups (broad SMARTS) is 1. The second kappa shape index (κ2) is 5.83. The molecule has 6 heteroatoms. The van der Waals surface area contributed by atoms with Gasteiger partial charge in [0.25, 0.3) is 0 Å². The number of urea groups is 1. The molecule has 0 radical (unpaired) electrons. The quantitative estimate of drug-likeness (QED) is 0.737. The topological polar surface area (TPSA) is 91.3 Å². The molecule has 2 amide bonds. The molecule has 1 aromatic heterocycles. The Labute approximate surface area is 99.1 Å². The molecule has 1 atom stereocenters.